The molecule has 114 valence electrons. The molecule has 0 saturated heterocycles. The molecule has 0 aliphatic carbocycles. The summed E-state index contributed by atoms with van der Waals surface area (Å²) >= 11 is 0. The summed E-state index contributed by atoms with van der Waals surface area (Å²) in [5.74, 6) is 0. The number of hydrogen-bond acceptors (Lipinski definition) is 3. The predicted molar refractivity (Wildman–Crippen MR) is 82.3 cm³/mol. The van der Waals surface area contributed by atoms with E-state index in [4.69, 9.17) is 4.74 Å². The Hall–Kier alpha value is -0.440. The third kappa shape index (κ3) is 13.8. The Bertz CT molecular complexity index is 186. The zero-order valence-corrected chi connectivity index (χ0v) is 13.0. The summed E-state index contributed by atoms with van der Waals surface area (Å²) in [6, 6.07) is 0. The lowest BCUT2D eigenvalue weighted by Crippen LogP contribution is -2.08. The quantitative estimate of drug-likeness (QED) is 0.278. The Balaban J connectivity index is 3.11. The minimum atomic E-state index is -0.413. The van der Waals surface area contributed by atoms with Crippen LogP contribution in [-0.4, -0.2) is 12.8 Å². The second kappa shape index (κ2) is 15.6. The molecule has 0 aliphatic rings. The van der Waals surface area contributed by atoms with Gasteiger partial charge in [0.25, 0.3) is 0 Å². The van der Waals surface area contributed by atoms with Crippen LogP contribution < -0.4 is 0 Å². The maximum Gasteiger partial charge on any atom is 0.189 e. The van der Waals surface area contributed by atoms with Crippen molar-refractivity contribution in [3.8, 4) is 0 Å². The Morgan fingerprint density at radius 1 is 0.789 bits per heavy atom. The van der Waals surface area contributed by atoms with Gasteiger partial charge in [0, 0.05) is 6.61 Å². The average molecular weight is 271 g/mol. The van der Waals surface area contributed by atoms with Gasteiger partial charge in [-0.2, -0.15) is 0 Å². The van der Waals surface area contributed by atoms with Gasteiger partial charge in [-0.3, -0.25) is 0 Å². The second-order valence-corrected chi connectivity index (χ2v) is 5.34. The third-order valence-corrected chi connectivity index (χ3v) is 3.53. The van der Waals surface area contributed by atoms with E-state index in [0.717, 1.165) is 12.8 Å². The third-order valence-electron chi connectivity index (χ3n) is 3.53. The topological polar surface area (TPSA) is 38.7 Å². The van der Waals surface area contributed by atoms with E-state index < -0.39 is 6.23 Å². The zero-order valence-electron chi connectivity index (χ0n) is 13.0. The monoisotopic (exact) mass is 271 g/mol. The van der Waals surface area contributed by atoms with Gasteiger partial charge in [-0.05, 0) is 24.9 Å². The Morgan fingerprint density at radius 2 is 1.26 bits per heavy atom. The Morgan fingerprint density at radius 3 is 1.68 bits per heavy atom. The van der Waals surface area contributed by atoms with Gasteiger partial charge in [0.05, 0.1) is 0 Å². The second-order valence-electron chi connectivity index (χ2n) is 5.34. The van der Waals surface area contributed by atoms with Crippen LogP contribution in [0, 0.1) is 4.91 Å². The van der Waals surface area contributed by atoms with E-state index in [1.54, 1.807) is 0 Å². The van der Waals surface area contributed by atoms with E-state index in [-0.39, 0.29) is 0 Å². The Labute approximate surface area is 119 Å². The molecular formula is C16H33NO2. The van der Waals surface area contributed by atoms with Crippen LogP contribution in [0.25, 0.3) is 0 Å². The molecule has 0 aromatic carbocycles. The molecule has 1 atom stereocenters. The van der Waals surface area contributed by atoms with Crippen LogP contribution in [-0.2, 0) is 4.74 Å². The number of nitrogens with zero attached hydrogens (tertiary/aromatic N) is 1. The fourth-order valence-electron chi connectivity index (χ4n) is 2.34. The van der Waals surface area contributed by atoms with E-state index in [1.165, 1.54) is 64.2 Å². The molecule has 1 unspecified atom stereocenters. The highest BCUT2D eigenvalue weighted by Gasteiger charge is 2.06. The van der Waals surface area contributed by atoms with Gasteiger partial charge < -0.3 is 4.74 Å². The maximum atomic E-state index is 10.4. The molecule has 0 spiro atoms. The summed E-state index contributed by atoms with van der Waals surface area (Å²) in [6.45, 7) is 4.74. The molecule has 0 N–H and O–H groups in total. The van der Waals surface area contributed by atoms with E-state index in [1.807, 2.05) is 6.92 Å². The molecule has 0 saturated carbocycles. The summed E-state index contributed by atoms with van der Waals surface area (Å²) in [6.07, 6.45) is 15.0. The van der Waals surface area contributed by atoms with Crippen molar-refractivity contribution in [3.05, 3.63) is 4.91 Å². The number of hydrogen-bond donors (Lipinski definition) is 0. The van der Waals surface area contributed by atoms with Crippen molar-refractivity contribution in [1.82, 2.24) is 0 Å². The number of nitroso groups, excluding NO2 is 1. The van der Waals surface area contributed by atoms with Crippen molar-refractivity contribution in [2.45, 2.75) is 97.1 Å². The summed E-state index contributed by atoms with van der Waals surface area (Å²) in [7, 11) is 0. The molecule has 0 heterocycles. The fraction of sp³-hybridized carbons (Fsp3) is 1.00. The maximum absolute atomic E-state index is 10.4. The molecule has 0 fully saturated rings. The number of ether oxygens (including phenoxy) is 1. The van der Waals surface area contributed by atoms with E-state index >= 15 is 0 Å². The van der Waals surface area contributed by atoms with Crippen molar-refractivity contribution < 1.29 is 4.74 Å². The summed E-state index contributed by atoms with van der Waals surface area (Å²) in [5.41, 5.74) is 0. The summed E-state index contributed by atoms with van der Waals surface area (Å²) < 4.78 is 5.20. The summed E-state index contributed by atoms with van der Waals surface area (Å²) in [5, 5.41) is 2.99. The fourth-order valence-corrected chi connectivity index (χ4v) is 2.34. The van der Waals surface area contributed by atoms with Gasteiger partial charge in [-0.25, -0.2) is 0 Å². The normalized spacial score (nSPS) is 12.5. The smallest absolute Gasteiger partial charge is 0.189 e. The van der Waals surface area contributed by atoms with Gasteiger partial charge in [-0.1, -0.05) is 71.1 Å². The van der Waals surface area contributed by atoms with E-state index in [0.29, 0.717) is 6.61 Å². The molecule has 0 aliphatic heterocycles. The van der Waals surface area contributed by atoms with Crippen LogP contribution in [0.4, 0.5) is 0 Å². The highest BCUT2D eigenvalue weighted by Crippen LogP contribution is 2.13. The van der Waals surface area contributed by atoms with Gasteiger partial charge in [-0.15, -0.1) is 4.91 Å². The SMILES string of the molecule is CCCCCCCCCCCCCC(N=O)OCC. The molecule has 0 radical (unpaired) electrons. The first kappa shape index (κ1) is 18.6. The van der Waals surface area contributed by atoms with Gasteiger partial charge in [0.2, 0.25) is 0 Å². The van der Waals surface area contributed by atoms with Crippen LogP contribution >= 0.6 is 0 Å². The minimum Gasteiger partial charge on any atom is -0.353 e. The first-order chi connectivity index (χ1) is 9.35. The molecule has 0 amide bonds. The highest BCUT2D eigenvalue weighted by molar-refractivity contribution is 4.54. The number of unbranched alkanes of at least 4 members (excludes halogenated alkanes) is 10. The van der Waals surface area contributed by atoms with Crippen LogP contribution in [0.15, 0.2) is 5.18 Å². The van der Waals surface area contributed by atoms with Crippen LogP contribution in [0.2, 0.25) is 0 Å². The van der Waals surface area contributed by atoms with Crippen molar-refractivity contribution in [3.63, 3.8) is 0 Å². The van der Waals surface area contributed by atoms with Crippen LogP contribution in [0.3, 0.4) is 0 Å². The molecule has 0 aromatic heterocycles. The summed E-state index contributed by atoms with van der Waals surface area (Å²) in [4.78, 5) is 10.4. The van der Waals surface area contributed by atoms with Gasteiger partial charge in [0.15, 0.2) is 6.23 Å². The molecule has 19 heavy (non-hydrogen) atoms. The first-order valence-electron chi connectivity index (χ1n) is 8.29. The predicted octanol–water partition coefficient (Wildman–Crippen LogP) is 5.82. The molecule has 3 heteroatoms. The highest BCUT2D eigenvalue weighted by atomic mass is 16.5. The van der Waals surface area contributed by atoms with Crippen molar-refractivity contribution >= 4 is 0 Å². The lowest BCUT2D eigenvalue weighted by Gasteiger charge is -2.08. The molecular weight excluding hydrogens is 238 g/mol. The number of rotatable bonds is 15. The van der Waals surface area contributed by atoms with Gasteiger partial charge in [0.1, 0.15) is 0 Å². The van der Waals surface area contributed by atoms with Crippen molar-refractivity contribution in [1.29, 1.82) is 0 Å². The lowest BCUT2D eigenvalue weighted by molar-refractivity contribution is 0.0602. The molecule has 0 rings (SSSR count). The first-order valence-corrected chi connectivity index (χ1v) is 8.29. The standard InChI is InChI=1S/C16H33NO2/c1-3-5-6-7-8-9-10-11-12-13-14-15-16(17-18)19-4-2/h16H,3-15H2,1-2H3. The lowest BCUT2D eigenvalue weighted by atomic mass is 10.1. The van der Waals surface area contributed by atoms with Gasteiger partial charge >= 0.3 is 0 Å². The average Bonchev–Trinajstić information content (AvgIpc) is 2.43. The van der Waals surface area contributed by atoms with Crippen LogP contribution in [0.1, 0.15) is 90.9 Å². The van der Waals surface area contributed by atoms with Crippen molar-refractivity contribution in [2.75, 3.05) is 6.61 Å². The minimum absolute atomic E-state index is 0.413. The largest absolute Gasteiger partial charge is 0.353 e. The molecule has 0 bridgehead atoms. The van der Waals surface area contributed by atoms with E-state index in [2.05, 4.69) is 12.1 Å². The van der Waals surface area contributed by atoms with Crippen LogP contribution in [0.5, 0.6) is 0 Å². The molecule has 3 nitrogen and oxygen atoms in total. The molecule has 0 aromatic rings. The van der Waals surface area contributed by atoms with E-state index in [9.17, 15) is 4.91 Å². The zero-order chi connectivity index (χ0) is 14.2. The van der Waals surface area contributed by atoms with Crippen molar-refractivity contribution in [2.24, 2.45) is 5.18 Å². The Kier molecular flexibility index (Phi) is 15.3.